The van der Waals surface area contributed by atoms with Crippen LogP contribution in [-0.2, 0) is 0 Å². The lowest BCUT2D eigenvalue weighted by Gasteiger charge is -2.10. The Labute approximate surface area is 476 Å². The average molecular weight is 1070 g/mol. The normalized spacial score (nSPS) is 12.8. The van der Waals surface area contributed by atoms with Gasteiger partial charge in [-0.1, -0.05) is 170 Å². The molecular weight excluding hydrogens is 1020 g/mol. The first-order chi connectivity index (χ1) is 41.7. The van der Waals surface area contributed by atoms with E-state index < -0.39 is 0 Å². The molecule has 6 nitrogen and oxygen atoms in total. The van der Waals surface area contributed by atoms with Gasteiger partial charge in [0.05, 0.1) is 55.2 Å². The summed E-state index contributed by atoms with van der Waals surface area (Å²) in [5.74, 6) is 0. The number of para-hydroxylation sites is 6. The number of hydrogen-bond acceptors (Lipinski definition) is 2. The van der Waals surface area contributed by atoms with Gasteiger partial charge in [-0.2, -0.15) is 0 Å². The van der Waals surface area contributed by atoms with Crippen molar-refractivity contribution in [3.05, 3.63) is 255 Å². The summed E-state index contributed by atoms with van der Waals surface area (Å²) in [7, 11) is 0. The Kier molecular flexibility index (Phi) is 7.94. The number of aromatic nitrogens is 4. The van der Waals surface area contributed by atoms with E-state index in [-0.39, 0.29) is 0 Å². The predicted molar refractivity (Wildman–Crippen MR) is 350 cm³/mol. The second-order valence-corrected chi connectivity index (χ2v) is 23.0. The zero-order chi connectivity index (χ0) is 54.2. The molecule has 0 fully saturated rings. The third-order valence-electron chi connectivity index (χ3n) is 19.0. The molecule has 0 N–H and O–H groups in total. The van der Waals surface area contributed by atoms with Crippen molar-refractivity contribution >= 4 is 164 Å². The molecule has 84 heavy (non-hydrogen) atoms. The minimum absolute atomic E-state index is 0.889. The topological polar surface area (TPSA) is 45.0 Å². The maximum Gasteiger partial charge on any atom is 0.136 e. The van der Waals surface area contributed by atoms with Crippen LogP contribution in [0.2, 0.25) is 0 Å². The van der Waals surface area contributed by atoms with Gasteiger partial charge in [-0.3, -0.25) is 0 Å². The van der Waals surface area contributed by atoms with E-state index in [0.29, 0.717) is 0 Å². The largest absolute Gasteiger partial charge is 0.456 e. The summed E-state index contributed by atoms with van der Waals surface area (Å²) in [6, 6.07) is 94.0. The molecule has 13 aromatic carbocycles. The Morgan fingerprint density at radius 1 is 0.214 bits per heavy atom. The minimum atomic E-state index is 0.889. The molecule has 0 saturated carbocycles. The Hall–Kier alpha value is -11.3. The Balaban J connectivity index is 0.942. The summed E-state index contributed by atoms with van der Waals surface area (Å²) >= 11 is 0. The van der Waals surface area contributed by atoms with Gasteiger partial charge in [0.25, 0.3) is 0 Å². The Morgan fingerprint density at radius 3 is 0.929 bits per heavy atom. The summed E-state index contributed by atoms with van der Waals surface area (Å²) in [6.45, 7) is 0. The number of furan rings is 2. The monoisotopic (exact) mass is 1070 g/mol. The van der Waals surface area contributed by atoms with E-state index in [1.165, 1.54) is 120 Å². The lowest BCUT2D eigenvalue weighted by molar-refractivity contribution is 0.668. The van der Waals surface area contributed by atoms with E-state index in [1.807, 2.05) is 0 Å². The molecule has 21 aromatic rings. The fourth-order valence-corrected chi connectivity index (χ4v) is 15.7. The minimum Gasteiger partial charge on any atom is -0.456 e. The van der Waals surface area contributed by atoms with Crippen LogP contribution in [0, 0.1) is 0 Å². The molecule has 0 unspecified atom stereocenters. The molecule has 0 aliphatic rings. The molecule has 0 spiro atoms. The highest BCUT2D eigenvalue weighted by Gasteiger charge is 2.31. The molecule has 0 atom stereocenters. The maximum atomic E-state index is 6.52. The van der Waals surface area contributed by atoms with Crippen LogP contribution in [0.4, 0.5) is 0 Å². The molecule has 8 heterocycles. The molecule has 0 aliphatic heterocycles. The van der Waals surface area contributed by atoms with Crippen molar-refractivity contribution in [2.75, 3.05) is 0 Å². The molecule has 0 radical (unpaired) electrons. The summed E-state index contributed by atoms with van der Waals surface area (Å²) in [5, 5.41) is 19.4. The number of benzene rings is 13. The average Bonchev–Trinajstić information content (AvgIpc) is 1.51. The van der Waals surface area contributed by atoms with E-state index in [1.54, 1.807) is 0 Å². The fraction of sp³-hybridized carbons (Fsp3) is 0. The van der Waals surface area contributed by atoms with E-state index in [9.17, 15) is 0 Å². The first-order valence-corrected chi connectivity index (χ1v) is 28.9. The van der Waals surface area contributed by atoms with Gasteiger partial charge in [0.15, 0.2) is 0 Å². The van der Waals surface area contributed by atoms with Crippen LogP contribution in [0.5, 0.6) is 0 Å². The van der Waals surface area contributed by atoms with Crippen LogP contribution in [0.25, 0.3) is 197 Å². The molecule has 0 aliphatic carbocycles. The van der Waals surface area contributed by atoms with Crippen LogP contribution in [-0.4, -0.2) is 17.9 Å². The van der Waals surface area contributed by atoms with Crippen molar-refractivity contribution in [2.24, 2.45) is 0 Å². The molecule has 6 heteroatoms. The first-order valence-electron chi connectivity index (χ1n) is 28.9. The first kappa shape index (κ1) is 43.5. The Morgan fingerprint density at radius 2 is 0.536 bits per heavy atom. The third-order valence-corrected chi connectivity index (χ3v) is 19.0. The highest BCUT2D eigenvalue weighted by atomic mass is 16.3. The van der Waals surface area contributed by atoms with Gasteiger partial charge < -0.3 is 26.8 Å². The van der Waals surface area contributed by atoms with Gasteiger partial charge in [-0.15, -0.1) is 0 Å². The van der Waals surface area contributed by atoms with Gasteiger partial charge in [0.1, 0.15) is 22.3 Å². The second-order valence-electron chi connectivity index (χ2n) is 23.0. The summed E-state index contributed by atoms with van der Waals surface area (Å²) in [5.41, 5.74) is 22.3. The number of rotatable bonds is 4. The molecule has 0 bridgehead atoms. The SMILES string of the molecule is c1ccc2c(c1)oc1cccc(-c3ccc4c5c6c7ccc(-n8c9ccccc9c9ccccc98)cc7n7c8cc(-c9cccc%10oc%11ccccc%11c9%10)ccc8c(c8c9ccc(-n%10c%11ccccc%11c%11ccccc%11%10)cc9n(c4c3)c58)c67)c12. The lowest BCUT2D eigenvalue weighted by Crippen LogP contribution is -1.94. The highest BCUT2D eigenvalue weighted by molar-refractivity contribution is 6.45. The van der Waals surface area contributed by atoms with E-state index in [4.69, 9.17) is 8.83 Å². The lowest BCUT2D eigenvalue weighted by atomic mass is 9.95. The predicted octanol–water partition coefficient (Wildman–Crippen LogP) is 21.3. The molecule has 0 saturated heterocycles. The van der Waals surface area contributed by atoms with Crippen LogP contribution in [0.3, 0.4) is 0 Å². The smallest absolute Gasteiger partial charge is 0.136 e. The standard InChI is InChI=1S/C78H42N4O2/c1-7-23-59-49(15-1)50-16-2-8-24-60(50)79(59)45-33-37-55-65(41-45)81-63-39-43(47-21-13-29-69-71(47)57-19-5-11-27-67(57)83-69)31-35-53(63)74-76-56-38-34-46(80-61-25-9-3-17-51(61)52-18-4-10-26-62(52)80)42-66(56)82-64-40-44(32-36-54(64)73(78(76)82)75(55)77(74)81)48-22-14-30-70-72(48)58-20-6-12-28-68(58)84-70/h1-42H. The zero-order valence-electron chi connectivity index (χ0n) is 44.9. The maximum absolute atomic E-state index is 6.52. The van der Waals surface area contributed by atoms with Crippen LogP contribution >= 0.6 is 0 Å². The summed E-state index contributed by atoms with van der Waals surface area (Å²) in [4.78, 5) is 0. The molecule has 8 aromatic heterocycles. The molecule has 0 amide bonds. The van der Waals surface area contributed by atoms with E-state index in [0.717, 1.165) is 77.5 Å². The summed E-state index contributed by atoms with van der Waals surface area (Å²) in [6.07, 6.45) is 0. The van der Waals surface area contributed by atoms with Crippen molar-refractivity contribution in [2.45, 2.75) is 0 Å². The van der Waals surface area contributed by atoms with Crippen molar-refractivity contribution in [1.82, 2.24) is 17.9 Å². The third kappa shape index (κ3) is 5.29. The Bertz CT molecular complexity index is 5990. The van der Waals surface area contributed by atoms with E-state index in [2.05, 4.69) is 273 Å². The molecule has 386 valence electrons. The summed E-state index contributed by atoms with van der Waals surface area (Å²) < 4.78 is 23.2. The van der Waals surface area contributed by atoms with Crippen LogP contribution < -0.4 is 0 Å². The van der Waals surface area contributed by atoms with Crippen molar-refractivity contribution in [3.63, 3.8) is 0 Å². The quantitative estimate of drug-likeness (QED) is 0.176. The molecular formula is C78H42N4O2. The van der Waals surface area contributed by atoms with E-state index >= 15 is 0 Å². The van der Waals surface area contributed by atoms with Crippen LogP contribution in [0.15, 0.2) is 264 Å². The fourth-order valence-electron chi connectivity index (χ4n) is 15.7. The van der Waals surface area contributed by atoms with Gasteiger partial charge >= 0.3 is 0 Å². The van der Waals surface area contributed by atoms with Crippen molar-refractivity contribution < 1.29 is 8.83 Å². The van der Waals surface area contributed by atoms with Gasteiger partial charge in [0.2, 0.25) is 0 Å². The number of nitrogens with zero attached hydrogens (tertiary/aromatic N) is 4. The highest BCUT2D eigenvalue weighted by Crippen LogP contribution is 2.54. The van der Waals surface area contributed by atoms with Gasteiger partial charge in [-0.25, -0.2) is 0 Å². The number of fused-ring (bicyclic) bond motifs is 26. The second kappa shape index (κ2) is 15.4. The van der Waals surface area contributed by atoms with Crippen molar-refractivity contribution in [1.29, 1.82) is 0 Å². The van der Waals surface area contributed by atoms with Crippen molar-refractivity contribution in [3.8, 4) is 33.6 Å². The van der Waals surface area contributed by atoms with Crippen LogP contribution in [0.1, 0.15) is 0 Å². The zero-order valence-corrected chi connectivity index (χ0v) is 44.9. The number of hydrogen-bond donors (Lipinski definition) is 0. The molecule has 21 rings (SSSR count). The van der Waals surface area contributed by atoms with Gasteiger partial charge in [0, 0.05) is 97.6 Å². The van der Waals surface area contributed by atoms with Gasteiger partial charge in [-0.05, 0) is 107 Å².